The molecule has 0 radical (unpaired) electrons. The van der Waals surface area contributed by atoms with Crippen molar-refractivity contribution in [3.05, 3.63) is 28.7 Å². The van der Waals surface area contributed by atoms with Gasteiger partial charge in [-0.1, -0.05) is 27.2 Å². The lowest BCUT2D eigenvalue weighted by Crippen LogP contribution is -2.22. The summed E-state index contributed by atoms with van der Waals surface area (Å²) in [6, 6.07) is 3.16. The van der Waals surface area contributed by atoms with E-state index in [1.54, 1.807) is 16.8 Å². The van der Waals surface area contributed by atoms with Crippen molar-refractivity contribution in [3.63, 3.8) is 0 Å². The lowest BCUT2D eigenvalue weighted by atomic mass is 9.86. The molecule has 84 valence electrons. The Labute approximate surface area is 90.9 Å². The maximum absolute atomic E-state index is 11.5. The van der Waals surface area contributed by atoms with Gasteiger partial charge >= 0.3 is 0 Å². The Hall–Kier alpha value is -1.25. The van der Waals surface area contributed by atoms with E-state index in [1.807, 2.05) is 0 Å². The SMILES string of the molecule is CCC(C)(C)CCn1cc(N)ccc1=O. The van der Waals surface area contributed by atoms with E-state index in [0.29, 0.717) is 5.69 Å². The number of hydrogen-bond donors (Lipinski definition) is 1. The number of nitrogen functional groups attached to an aromatic ring is 1. The number of pyridine rings is 1. The first-order chi connectivity index (χ1) is 6.94. The van der Waals surface area contributed by atoms with Crippen LogP contribution >= 0.6 is 0 Å². The van der Waals surface area contributed by atoms with Crippen LogP contribution in [0, 0.1) is 5.41 Å². The minimum atomic E-state index is 0.0242. The van der Waals surface area contributed by atoms with Crippen molar-refractivity contribution < 1.29 is 0 Å². The van der Waals surface area contributed by atoms with Crippen molar-refractivity contribution in [3.8, 4) is 0 Å². The van der Waals surface area contributed by atoms with E-state index < -0.39 is 0 Å². The summed E-state index contributed by atoms with van der Waals surface area (Å²) >= 11 is 0. The predicted octanol–water partition coefficient (Wildman–Crippen LogP) is 2.26. The molecule has 1 aromatic heterocycles. The van der Waals surface area contributed by atoms with Crippen molar-refractivity contribution in [1.82, 2.24) is 4.57 Å². The van der Waals surface area contributed by atoms with Crippen LogP contribution in [-0.2, 0) is 6.54 Å². The molecular weight excluding hydrogens is 188 g/mol. The van der Waals surface area contributed by atoms with Crippen LogP contribution in [0.5, 0.6) is 0 Å². The fraction of sp³-hybridized carbons (Fsp3) is 0.583. The van der Waals surface area contributed by atoms with Crippen LogP contribution in [0.15, 0.2) is 23.1 Å². The molecule has 2 N–H and O–H groups in total. The molecule has 0 atom stereocenters. The molecule has 0 saturated carbocycles. The Balaban J connectivity index is 2.73. The fourth-order valence-electron chi connectivity index (χ4n) is 1.32. The molecule has 1 rings (SSSR count). The van der Waals surface area contributed by atoms with Gasteiger partial charge in [-0.3, -0.25) is 4.79 Å². The summed E-state index contributed by atoms with van der Waals surface area (Å²) in [6.45, 7) is 7.33. The molecule has 0 aliphatic rings. The lowest BCUT2D eigenvalue weighted by molar-refractivity contribution is 0.300. The molecule has 0 aliphatic carbocycles. The van der Waals surface area contributed by atoms with Gasteiger partial charge in [0.2, 0.25) is 0 Å². The quantitative estimate of drug-likeness (QED) is 0.825. The molecular formula is C12H20N2O. The van der Waals surface area contributed by atoms with Gasteiger partial charge in [-0.15, -0.1) is 0 Å². The van der Waals surface area contributed by atoms with Gasteiger partial charge in [0, 0.05) is 24.5 Å². The second kappa shape index (κ2) is 4.51. The first-order valence-corrected chi connectivity index (χ1v) is 5.40. The van der Waals surface area contributed by atoms with Gasteiger partial charge in [0.05, 0.1) is 0 Å². The van der Waals surface area contributed by atoms with Crippen LogP contribution in [-0.4, -0.2) is 4.57 Å². The average molecular weight is 208 g/mol. The number of nitrogens with zero attached hydrogens (tertiary/aromatic N) is 1. The molecule has 0 amide bonds. The summed E-state index contributed by atoms with van der Waals surface area (Å²) < 4.78 is 1.69. The lowest BCUT2D eigenvalue weighted by Gasteiger charge is -2.22. The zero-order valence-electron chi connectivity index (χ0n) is 9.79. The van der Waals surface area contributed by atoms with E-state index in [1.165, 1.54) is 6.07 Å². The second-order valence-electron chi connectivity index (χ2n) is 4.76. The molecule has 15 heavy (non-hydrogen) atoms. The van der Waals surface area contributed by atoms with Gasteiger partial charge in [0.15, 0.2) is 0 Å². The van der Waals surface area contributed by atoms with E-state index in [0.717, 1.165) is 19.4 Å². The third kappa shape index (κ3) is 3.42. The molecule has 0 bridgehead atoms. The summed E-state index contributed by atoms with van der Waals surface area (Å²) in [7, 11) is 0. The van der Waals surface area contributed by atoms with Crippen LogP contribution in [0.2, 0.25) is 0 Å². The monoisotopic (exact) mass is 208 g/mol. The average Bonchev–Trinajstić information content (AvgIpc) is 2.20. The van der Waals surface area contributed by atoms with Gasteiger partial charge in [-0.25, -0.2) is 0 Å². The highest BCUT2D eigenvalue weighted by molar-refractivity contribution is 5.33. The summed E-state index contributed by atoms with van der Waals surface area (Å²) in [5, 5.41) is 0. The van der Waals surface area contributed by atoms with E-state index in [4.69, 9.17) is 5.73 Å². The number of aromatic nitrogens is 1. The summed E-state index contributed by atoms with van der Waals surface area (Å²) in [6.07, 6.45) is 3.82. The van der Waals surface area contributed by atoms with Crippen molar-refractivity contribution in [2.45, 2.75) is 40.2 Å². The van der Waals surface area contributed by atoms with Crippen molar-refractivity contribution in [2.24, 2.45) is 5.41 Å². The minimum absolute atomic E-state index is 0.0242. The highest BCUT2D eigenvalue weighted by atomic mass is 16.1. The third-order valence-corrected chi connectivity index (χ3v) is 2.99. The van der Waals surface area contributed by atoms with Crippen LogP contribution in [0.1, 0.15) is 33.6 Å². The Bertz CT molecular complexity index is 379. The molecule has 0 spiro atoms. The predicted molar refractivity (Wildman–Crippen MR) is 63.8 cm³/mol. The molecule has 0 unspecified atom stereocenters. The first kappa shape index (κ1) is 11.8. The molecule has 1 heterocycles. The zero-order chi connectivity index (χ0) is 11.5. The van der Waals surface area contributed by atoms with Gasteiger partial charge in [0.25, 0.3) is 5.56 Å². The standard InChI is InChI=1S/C12H20N2O/c1-4-12(2,3)7-8-14-9-10(13)5-6-11(14)15/h5-6,9H,4,7-8,13H2,1-3H3. The van der Waals surface area contributed by atoms with Gasteiger partial charge < -0.3 is 10.3 Å². The highest BCUT2D eigenvalue weighted by Crippen LogP contribution is 2.24. The molecule has 0 saturated heterocycles. The Morgan fingerprint density at radius 1 is 1.40 bits per heavy atom. The Morgan fingerprint density at radius 3 is 2.67 bits per heavy atom. The number of hydrogen-bond acceptors (Lipinski definition) is 2. The Kier molecular flexibility index (Phi) is 3.56. The Morgan fingerprint density at radius 2 is 2.07 bits per heavy atom. The summed E-state index contributed by atoms with van der Waals surface area (Å²) in [5.74, 6) is 0. The van der Waals surface area contributed by atoms with Gasteiger partial charge in [-0.2, -0.15) is 0 Å². The van der Waals surface area contributed by atoms with Crippen molar-refractivity contribution in [1.29, 1.82) is 0 Å². The number of nitrogens with two attached hydrogens (primary N) is 1. The summed E-state index contributed by atoms with van der Waals surface area (Å²) in [4.78, 5) is 11.5. The molecule has 0 fully saturated rings. The summed E-state index contributed by atoms with van der Waals surface area (Å²) in [5.41, 5.74) is 6.59. The van der Waals surface area contributed by atoms with E-state index in [2.05, 4.69) is 20.8 Å². The number of anilines is 1. The van der Waals surface area contributed by atoms with E-state index in [9.17, 15) is 4.79 Å². The maximum Gasteiger partial charge on any atom is 0.250 e. The van der Waals surface area contributed by atoms with Gasteiger partial charge in [0.1, 0.15) is 0 Å². The smallest absolute Gasteiger partial charge is 0.250 e. The number of rotatable bonds is 4. The van der Waals surface area contributed by atoms with Crippen LogP contribution in [0.4, 0.5) is 5.69 Å². The van der Waals surface area contributed by atoms with Gasteiger partial charge in [-0.05, 0) is 17.9 Å². The third-order valence-electron chi connectivity index (χ3n) is 2.99. The maximum atomic E-state index is 11.5. The largest absolute Gasteiger partial charge is 0.398 e. The zero-order valence-corrected chi connectivity index (χ0v) is 9.79. The number of aryl methyl sites for hydroxylation is 1. The highest BCUT2D eigenvalue weighted by Gasteiger charge is 2.14. The van der Waals surface area contributed by atoms with E-state index in [-0.39, 0.29) is 11.0 Å². The van der Waals surface area contributed by atoms with Crippen molar-refractivity contribution >= 4 is 5.69 Å². The second-order valence-corrected chi connectivity index (χ2v) is 4.76. The molecule has 3 heteroatoms. The molecule has 3 nitrogen and oxygen atoms in total. The normalized spacial score (nSPS) is 11.7. The topological polar surface area (TPSA) is 48.0 Å². The van der Waals surface area contributed by atoms with Crippen LogP contribution in [0.3, 0.4) is 0 Å². The molecule has 0 aromatic carbocycles. The van der Waals surface area contributed by atoms with Crippen LogP contribution in [0.25, 0.3) is 0 Å². The molecule has 1 aromatic rings. The minimum Gasteiger partial charge on any atom is -0.398 e. The molecule has 0 aliphatic heterocycles. The van der Waals surface area contributed by atoms with Crippen molar-refractivity contribution in [2.75, 3.05) is 5.73 Å². The van der Waals surface area contributed by atoms with E-state index >= 15 is 0 Å². The fourth-order valence-corrected chi connectivity index (χ4v) is 1.32. The first-order valence-electron chi connectivity index (χ1n) is 5.40. The van der Waals surface area contributed by atoms with Crippen LogP contribution < -0.4 is 11.3 Å².